The van der Waals surface area contributed by atoms with Crippen LogP contribution in [0.2, 0.25) is 0 Å². The van der Waals surface area contributed by atoms with Gasteiger partial charge in [0.1, 0.15) is 5.76 Å². The van der Waals surface area contributed by atoms with Crippen molar-refractivity contribution in [3.63, 3.8) is 0 Å². The first-order valence-electron chi connectivity index (χ1n) is 7.01. The number of nitrogens with zero attached hydrogens (tertiary/aromatic N) is 1. The summed E-state index contributed by atoms with van der Waals surface area (Å²) < 4.78 is 29.0. The normalized spacial score (nSPS) is 11.7. The Labute approximate surface area is 149 Å². The molecule has 1 amide bonds. The molecule has 1 aromatic heterocycles. The second kappa shape index (κ2) is 7.47. The molecule has 0 saturated heterocycles. The van der Waals surface area contributed by atoms with Gasteiger partial charge in [0, 0.05) is 5.69 Å². The zero-order chi connectivity index (χ0) is 17.9. The van der Waals surface area contributed by atoms with Gasteiger partial charge in [-0.15, -0.1) is 0 Å². The molecule has 2 aromatic rings. The Bertz CT molecular complexity index is 848. The van der Waals surface area contributed by atoms with Gasteiger partial charge in [-0.25, -0.2) is 13.6 Å². The van der Waals surface area contributed by atoms with E-state index in [0.29, 0.717) is 22.5 Å². The standard InChI is InChI=1S/C15H18BrN3O4S/c1-10-3-4-11(7-13(10)24(17,21)22)18-15(20)9-19(2)8-12-5-6-14(16)23-12/h3-7H,8-9H2,1-2H3,(H,18,20)(H2,17,21,22). The minimum Gasteiger partial charge on any atom is -0.453 e. The monoisotopic (exact) mass is 415 g/mol. The SMILES string of the molecule is Cc1ccc(NC(=O)CN(C)Cc2ccc(Br)o2)cc1S(N)(=O)=O. The summed E-state index contributed by atoms with van der Waals surface area (Å²) in [5.41, 5.74) is 0.903. The lowest BCUT2D eigenvalue weighted by Crippen LogP contribution is -2.29. The first-order valence-corrected chi connectivity index (χ1v) is 9.35. The molecule has 0 aliphatic carbocycles. The molecule has 0 aliphatic rings. The van der Waals surface area contributed by atoms with Gasteiger partial charge < -0.3 is 9.73 Å². The number of furan rings is 1. The highest BCUT2D eigenvalue weighted by atomic mass is 79.9. The number of amides is 1. The van der Waals surface area contributed by atoms with Crippen LogP contribution in [0, 0.1) is 6.92 Å². The predicted octanol–water partition coefficient (Wildman–Crippen LogP) is 2.07. The molecule has 1 heterocycles. The summed E-state index contributed by atoms with van der Waals surface area (Å²) in [4.78, 5) is 13.9. The van der Waals surface area contributed by atoms with Gasteiger partial charge in [0.2, 0.25) is 15.9 Å². The number of primary sulfonamides is 1. The van der Waals surface area contributed by atoms with Crippen LogP contribution in [0.15, 0.2) is 44.3 Å². The minimum absolute atomic E-state index is 0.00547. The molecular formula is C15H18BrN3O4S. The highest BCUT2D eigenvalue weighted by Gasteiger charge is 2.14. The molecule has 7 nitrogen and oxygen atoms in total. The zero-order valence-corrected chi connectivity index (χ0v) is 15.6. The lowest BCUT2D eigenvalue weighted by atomic mass is 10.2. The number of nitrogens with one attached hydrogen (secondary N) is 1. The number of hydrogen-bond acceptors (Lipinski definition) is 5. The van der Waals surface area contributed by atoms with Gasteiger partial charge in [-0.3, -0.25) is 9.69 Å². The zero-order valence-electron chi connectivity index (χ0n) is 13.2. The Hall–Kier alpha value is -1.68. The van der Waals surface area contributed by atoms with E-state index in [2.05, 4.69) is 21.2 Å². The molecule has 2 rings (SSSR count). The summed E-state index contributed by atoms with van der Waals surface area (Å²) in [5.74, 6) is 0.455. The number of rotatable bonds is 6. The number of hydrogen-bond donors (Lipinski definition) is 2. The summed E-state index contributed by atoms with van der Waals surface area (Å²) in [5, 5.41) is 7.83. The van der Waals surface area contributed by atoms with Crippen molar-refractivity contribution in [2.24, 2.45) is 5.14 Å². The van der Waals surface area contributed by atoms with E-state index in [0.717, 1.165) is 5.76 Å². The smallest absolute Gasteiger partial charge is 0.238 e. The summed E-state index contributed by atoms with van der Waals surface area (Å²) >= 11 is 3.22. The minimum atomic E-state index is -3.83. The van der Waals surface area contributed by atoms with Crippen molar-refractivity contribution >= 4 is 37.5 Å². The molecule has 0 unspecified atom stereocenters. The quantitative estimate of drug-likeness (QED) is 0.750. The fourth-order valence-corrected chi connectivity index (χ4v) is 3.34. The molecule has 3 N–H and O–H groups in total. The fraction of sp³-hybridized carbons (Fsp3) is 0.267. The molecule has 9 heteroatoms. The maximum atomic E-state index is 12.1. The second-order valence-electron chi connectivity index (χ2n) is 5.45. The van der Waals surface area contributed by atoms with Gasteiger partial charge >= 0.3 is 0 Å². The maximum absolute atomic E-state index is 12.1. The van der Waals surface area contributed by atoms with Crippen molar-refractivity contribution < 1.29 is 17.6 Å². The van der Waals surface area contributed by atoms with Crippen molar-refractivity contribution in [2.75, 3.05) is 18.9 Å². The third-order valence-electron chi connectivity index (χ3n) is 3.25. The number of anilines is 1. The van der Waals surface area contributed by atoms with E-state index in [1.165, 1.54) is 6.07 Å². The molecular weight excluding hydrogens is 398 g/mol. The number of halogens is 1. The topological polar surface area (TPSA) is 106 Å². The van der Waals surface area contributed by atoms with Crippen LogP contribution in [0.3, 0.4) is 0 Å². The lowest BCUT2D eigenvalue weighted by molar-refractivity contribution is -0.117. The molecule has 0 fully saturated rings. The van der Waals surface area contributed by atoms with Crippen LogP contribution in [0.5, 0.6) is 0 Å². The Morgan fingerprint density at radius 3 is 2.62 bits per heavy atom. The first kappa shape index (κ1) is 18.7. The molecule has 0 spiro atoms. The van der Waals surface area contributed by atoms with Gasteiger partial charge in [-0.05, 0) is 59.7 Å². The molecule has 1 aromatic carbocycles. The van der Waals surface area contributed by atoms with Gasteiger partial charge in [0.05, 0.1) is 18.0 Å². The number of aryl methyl sites for hydroxylation is 1. The average Bonchev–Trinajstić information content (AvgIpc) is 2.84. The van der Waals surface area contributed by atoms with E-state index >= 15 is 0 Å². The van der Waals surface area contributed by atoms with E-state index in [1.807, 2.05) is 6.07 Å². The Morgan fingerprint density at radius 2 is 2.04 bits per heavy atom. The van der Waals surface area contributed by atoms with Crippen LogP contribution in [0.1, 0.15) is 11.3 Å². The highest BCUT2D eigenvalue weighted by molar-refractivity contribution is 9.10. The van der Waals surface area contributed by atoms with Gasteiger partial charge in [0.15, 0.2) is 4.67 Å². The highest BCUT2D eigenvalue weighted by Crippen LogP contribution is 2.19. The fourth-order valence-electron chi connectivity index (χ4n) is 2.19. The van der Waals surface area contributed by atoms with Crippen LogP contribution in [-0.4, -0.2) is 32.8 Å². The lowest BCUT2D eigenvalue weighted by Gasteiger charge is -2.15. The third-order valence-corrected chi connectivity index (χ3v) is 4.73. The maximum Gasteiger partial charge on any atom is 0.238 e. The average molecular weight is 416 g/mol. The summed E-state index contributed by atoms with van der Waals surface area (Å²) in [6.07, 6.45) is 0. The van der Waals surface area contributed by atoms with E-state index in [9.17, 15) is 13.2 Å². The molecule has 0 bridgehead atoms. The Balaban J connectivity index is 1.99. The third kappa shape index (κ3) is 5.17. The van der Waals surface area contributed by atoms with E-state index in [4.69, 9.17) is 9.56 Å². The Morgan fingerprint density at radius 1 is 1.33 bits per heavy atom. The number of carbonyl (C=O) groups is 1. The van der Waals surface area contributed by atoms with Crippen LogP contribution in [-0.2, 0) is 21.4 Å². The largest absolute Gasteiger partial charge is 0.453 e. The van der Waals surface area contributed by atoms with E-state index < -0.39 is 10.0 Å². The van der Waals surface area contributed by atoms with Crippen LogP contribution in [0.25, 0.3) is 0 Å². The van der Waals surface area contributed by atoms with Crippen molar-refractivity contribution in [3.8, 4) is 0 Å². The van der Waals surface area contributed by atoms with Crippen molar-refractivity contribution in [1.29, 1.82) is 0 Å². The van der Waals surface area contributed by atoms with Crippen molar-refractivity contribution in [2.45, 2.75) is 18.4 Å². The van der Waals surface area contributed by atoms with Crippen molar-refractivity contribution in [1.82, 2.24) is 4.90 Å². The molecule has 0 saturated carbocycles. The van der Waals surface area contributed by atoms with E-state index in [1.54, 1.807) is 37.1 Å². The van der Waals surface area contributed by atoms with Crippen LogP contribution in [0.4, 0.5) is 5.69 Å². The summed E-state index contributed by atoms with van der Waals surface area (Å²) in [7, 11) is -2.05. The summed E-state index contributed by atoms with van der Waals surface area (Å²) in [6.45, 7) is 2.23. The number of benzene rings is 1. The van der Waals surface area contributed by atoms with Gasteiger partial charge in [-0.1, -0.05) is 6.07 Å². The molecule has 0 radical (unpaired) electrons. The van der Waals surface area contributed by atoms with Gasteiger partial charge in [0.25, 0.3) is 0 Å². The predicted molar refractivity (Wildman–Crippen MR) is 93.9 cm³/mol. The molecule has 0 atom stereocenters. The number of nitrogens with two attached hydrogens (primary N) is 1. The molecule has 24 heavy (non-hydrogen) atoms. The number of carbonyl (C=O) groups excluding carboxylic acids is 1. The van der Waals surface area contributed by atoms with Crippen LogP contribution < -0.4 is 10.5 Å². The van der Waals surface area contributed by atoms with E-state index in [-0.39, 0.29) is 17.3 Å². The molecule has 0 aliphatic heterocycles. The van der Waals surface area contributed by atoms with Gasteiger partial charge in [-0.2, -0.15) is 0 Å². The number of sulfonamides is 1. The Kier molecular flexibility index (Phi) is 5.81. The second-order valence-corrected chi connectivity index (χ2v) is 7.76. The van der Waals surface area contributed by atoms with Crippen molar-refractivity contribution in [3.05, 3.63) is 46.3 Å². The van der Waals surface area contributed by atoms with Crippen LogP contribution >= 0.6 is 15.9 Å². The summed E-state index contributed by atoms with van der Waals surface area (Å²) in [6, 6.07) is 8.18. The molecule has 130 valence electrons. The first-order chi connectivity index (χ1) is 11.1. The number of likely N-dealkylation sites (N-methyl/N-ethyl adjacent to an activating group) is 1.